The highest BCUT2D eigenvalue weighted by molar-refractivity contribution is 9.10. The van der Waals surface area contributed by atoms with Gasteiger partial charge in [-0.05, 0) is 39.5 Å². The molecule has 0 amide bonds. The monoisotopic (exact) mass is 350 g/mol. The van der Waals surface area contributed by atoms with Crippen molar-refractivity contribution in [2.75, 3.05) is 18.2 Å². The number of fused-ring (bicyclic) bond motifs is 1. The molecule has 0 radical (unpaired) electrons. The third-order valence-electron chi connectivity index (χ3n) is 2.76. The van der Waals surface area contributed by atoms with Crippen LogP contribution in [0.2, 0.25) is 0 Å². The molecule has 0 atom stereocenters. The topological polar surface area (TPSA) is 73.1 Å². The van der Waals surface area contributed by atoms with E-state index in [0.29, 0.717) is 5.82 Å². The van der Waals surface area contributed by atoms with E-state index in [9.17, 15) is 0 Å². The molecule has 7 heteroatoms. The number of hydrogen-bond donors (Lipinski definition) is 2. The Morgan fingerprint density at radius 3 is 2.95 bits per heavy atom. The standard InChI is InChI=1S/C13H11BrN4OS/c1-19-10-6-7(2-3-9(10)14)16-11-8-4-5-20-12(8)18-13(15)17-11/h2-6H,1H3,(H3,15,16,17,18). The van der Waals surface area contributed by atoms with Crippen LogP contribution in [0.25, 0.3) is 10.2 Å². The first-order chi connectivity index (χ1) is 9.67. The molecule has 3 aromatic rings. The molecular formula is C13H11BrN4OS. The molecule has 0 bridgehead atoms. The first-order valence-corrected chi connectivity index (χ1v) is 7.46. The molecule has 3 N–H and O–H groups in total. The minimum absolute atomic E-state index is 0.256. The molecule has 2 heterocycles. The van der Waals surface area contributed by atoms with Crippen molar-refractivity contribution in [3.05, 3.63) is 34.1 Å². The Morgan fingerprint density at radius 1 is 1.30 bits per heavy atom. The Morgan fingerprint density at radius 2 is 2.15 bits per heavy atom. The lowest BCUT2D eigenvalue weighted by molar-refractivity contribution is 0.412. The average Bonchev–Trinajstić information content (AvgIpc) is 2.89. The zero-order valence-electron chi connectivity index (χ0n) is 10.6. The summed E-state index contributed by atoms with van der Waals surface area (Å²) in [5, 5.41) is 6.17. The van der Waals surface area contributed by atoms with E-state index in [4.69, 9.17) is 10.5 Å². The number of aromatic nitrogens is 2. The second kappa shape index (κ2) is 5.26. The molecule has 0 saturated heterocycles. The first kappa shape index (κ1) is 13.1. The van der Waals surface area contributed by atoms with E-state index < -0.39 is 0 Å². The van der Waals surface area contributed by atoms with Gasteiger partial charge in [0, 0.05) is 11.8 Å². The number of nitrogen functional groups attached to an aromatic ring is 1. The quantitative estimate of drug-likeness (QED) is 0.751. The van der Waals surface area contributed by atoms with Crippen LogP contribution in [-0.4, -0.2) is 17.1 Å². The number of thiophene rings is 1. The summed E-state index contributed by atoms with van der Waals surface area (Å²) < 4.78 is 6.17. The predicted octanol–water partition coefficient (Wildman–Crippen LogP) is 3.79. The van der Waals surface area contributed by atoms with Gasteiger partial charge < -0.3 is 15.8 Å². The number of nitrogens with zero attached hydrogens (tertiary/aromatic N) is 2. The first-order valence-electron chi connectivity index (χ1n) is 5.78. The molecule has 0 fully saturated rings. The van der Waals surface area contributed by atoms with Gasteiger partial charge in [0.05, 0.1) is 17.0 Å². The van der Waals surface area contributed by atoms with Crippen LogP contribution in [0.1, 0.15) is 0 Å². The summed E-state index contributed by atoms with van der Waals surface area (Å²) in [6.45, 7) is 0. The van der Waals surface area contributed by atoms with Crippen LogP contribution >= 0.6 is 27.3 Å². The predicted molar refractivity (Wildman–Crippen MR) is 85.8 cm³/mol. The van der Waals surface area contributed by atoms with Crippen molar-refractivity contribution in [3.8, 4) is 5.75 Å². The van der Waals surface area contributed by atoms with Crippen LogP contribution in [0.5, 0.6) is 5.75 Å². The van der Waals surface area contributed by atoms with Crippen LogP contribution in [0.4, 0.5) is 17.5 Å². The zero-order chi connectivity index (χ0) is 14.1. The normalized spacial score (nSPS) is 10.7. The molecule has 0 aliphatic rings. The van der Waals surface area contributed by atoms with E-state index in [1.807, 2.05) is 29.6 Å². The van der Waals surface area contributed by atoms with Gasteiger partial charge >= 0.3 is 0 Å². The highest BCUT2D eigenvalue weighted by atomic mass is 79.9. The van der Waals surface area contributed by atoms with Gasteiger partial charge in [0.15, 0.2) is 0 Å². The van der Waals surface area contributed by atoms with Crippen LogP contribution in [0.15, 0.2) is 34.1 Å². The second-order valence-corrected chi connectivity index (χ2v) is 5.79. The van der Waals surface area contributed by atoms with Crippen LogP contribution in [0.3, 0.4) is 0 Å². The summed E-state index contributed by atoms with van der Waals surface area (Å²) in [5.74, 6) is 1.70. The van der Waals surface area contributed by atoms with Gasteiger partial charge in [-0.2, -0.15) is 4.98 Å². The Kier molecular flexibility index (Phi) is 3.45. The molecule has 0 unspecified atom stereocenters. The molecule has 0 aliphatic heterocycles. The number of rotatable bonds is 3. The van der Waals surface area contributed by atoms with E-state index >= 15 is 0 Å². The Labute approximate surface area is 127 Å². The molecule has 5 nitrogen and oxygen atoms in total. The molecule has 102 valence electrons. The maximum Gasteiger partial charge on any atom is 0.223 e. The van der Waals surface area contributed by atoms with E-state index in [2.05, 4.69) is 31.2 Å². The minimum atomic E-state index is 0.256. The van der Waals surface area contributed by atoms with Crippen molar-refractivity contribution in [1.82, 2.24) is 9.97 Å². The van der Waals surface area contributed by atoms with Gasteiger partial charge in [-0.1, -0.05) is 0 Å². The summed E-state index contributed by atoms with van der Waals surface area (Å²) in [6, 6.07) is 7.71. The van der Waals surface area contributed by atoms with Gasteiger partial charge in [-0.3, -0.25) is 0 Å². The van der Waals surface area contributed by atoms with Gasteiger partial charge in [-0.25, -0.2) is 4.98 Å². The average molecular weight is 351 g/mol. The van der Waals surface area contributed by atoms with Crippen LogP contribution in [-0.2, 0) is 0 Å². The fraction of sp³-hybridized carbons (Fsp3) is 0.0769. The van der Waals surface area contributed by atoms with Crippen molar-refractivity contribution < 1.29 is 4.74 Å². The fourth-order valence-corrected chi connectivity index (χ4v) is 3.02. The summed E-state index contributed by atoms with van der Waals surface area (Å²) in [7, 11) is 1.63. The number of halogens is 1. The SMILES string of the molecule is COc1cc(Nc2nc(N)nc3sccc23)ccc1Br. The largest absolute Gasteiger partial charge is 0.495 e. The molecular weight excluding hydrogens is 340 g/mol. The summed E-state index contributed by atoms with van der Waals surface area (Å²) in [6.07, 6.45) is 0. The highest BCUT2D eigenvalue weighted by Crippen LogP contribution is 2.32. The number of anilines is 3. The Bertz CT molecular complexity index is 774. The summed E-state index contributed by atoms with van der Waals surface area (Å²) >= 11 is 4.96. The van der Waals surface area contributed by atoms with Crippen molar-refractivity contribution in [1.29, 1.82) is 0 Å². The van der Waals surface area contributed by atoms with E-state index in [-0.39, 0.29) is 5.95 Å². The fourth-order valence-electron chi connectivity index (χ4n) is 1.84. The van der Waals surface area contributed by atoms with Gasteiger partial charge in [0.1, 0.15) is 16.4 Å². The zero-order valence-corrected chi connectivity index (χ0v) is 13.0. The lowest BCUT2D eigenvalue weighted by Crippen LogP contribution is -2.00. The molecule has 2 aromatic heterocycles. The molecule has 20 heavy (non-hydrogen) atoms. The van der Waals surface area contributed by atoms with Crippen LogP contribution < -0.4 is 15.8 Å². The van der Waals surface area contributed by atoms with E-state index in [1.54, 1.807) is 7.11 Å². The van der Waals surface area contributed by atoms with Crippen LogP contribution in [0, 0.1) is 0 Å². The maximum atomic E-state index is 5.73. The number of methoxy groups -OCH3 is 1. The van der Waals surface area contributed by atoms with Gasteiger partial charge in [-0.15, -0.1) is 11.3 Å². The summed E-state index contributed by atoms with van der Waals surface area (Å²) in [5.41, 5.74) is 6.60. The number of nitrogens with two attached hydrogens (primary N) is 1. The molecule has 0 aliphatic carbocycles. The number of ether oxygens (including phenoxy) is 1. The molecule has 1 aromatic carbocycles. The Hall–Kier alpha value is -1.86. The summed E-state index contributed by atoms with van der Waals surface area (Å²) in [4.78, 5) is 9.32. The molecule has 0 spiro atoms. The number of hydrogen-bond acceptors (Lipinski definition) is 6. The van der Waals surface area contributed by atoms with Gasteiger partial charge in [0.2, 0.25) is 5.95 Å². The number of benzene rings is 1. The smallest absolute Gasteiger partial charge is 0.223 e. The third-order valence-corrected chi connectivity index (χ3v) is 4.22. The highest BCUT2D eigenvalue weighted by Gasteiger charge is 2.09. The minimum Gasteiger partial charge on any atom is -0.495 e. The van der Waals surface area contributed by atoms with Gasteiger partial charge in [0.25, 0.3) is 0 Å². The molecule has 3 rings (SSSR count). The molecule has 0 saturated carbocycles. The lowest BCUT2D eigenvalue weighted by atomic mass is 10.3. The lowest BCUT2D eigenvalue weighted by Gasteiger charge is -2.10. The maximum absolute atomic E-state index is 5.73. The van der Waals surface area contributed by atoms with Crippen molar-refractivity contribution >= 4 is 54.9 Å². The van der Waals surface area contributed by atoms with E-state index in [1.165, 1.54) is 11.3 Å². The van der Waals surface area contributed by atoms with E-state index in [0.717, 1.165) is 26.1 Å². The van der Waals surface area contributed by atoms with Crippen molar-refractivity contribution in [3.63, 3.8) is 0 Å². The Balaban J connectivity index is 2.02. The van der Waals surface area contributed by atoms with Crippen molar-refractivity contribution in [2.45, 2.75) is 0 Å². The second-order valence-electron chi connectivity index (χ2n) is 4.04. The number of nitrogens with one attached hydrogen (secondary N) is 1. The third kappa shape index (κ3) is 2.41. The van der Waals surface area contributed by atoms with Crippen molar-refractivity contribution in [2.24, 2.45) is 0 Å².